The molecule has 0 radical (unpaired) electrons. The van der Waals surface area contributed by atoms with Crippen molar-refractivity contribution in [2.45, 2.75) is 39.2 Å². The number of nitrogens with zero attached hydrogens (tertiary/aromatic N) is 3. The molecule has 6 heteroatoms. The van der Waals surface area contributed by atoms with E-state index in [1.54, 1.807) is 0 Å². The predicted octanol–water partition coefficient (Wildman–Crippen LogP) is 4.60. The van der Waals surface area contributed by atoms with E-state index in [1.807, 2.05) is 31.2 Å². The van der Waals surface area contributed by atoms with Gasteiger partial charge in [0, 0.05) is 23.7 Å². The predicted molar refractivity (Wildman–Crippen MR) is 103 cm³/mol. The van der Waals surface area contributed by atoms with Gasteiger partial charge in [0.1, 0.15) is 16.8 Å². The van der Waals surface area contributed by atoms with Crippen molar-refractivity contribution in [1.82, 2.24) is 9.97 Å². The Balaban J connectivity index is 1.71. The third-order valence-corrected chi connectivity index (χ3v) is 5.46. The number of aromatic nitrogens is 2. The second kappa shape index (κ2) is 7.90. The van der Waals surface area contributed by atoms with Gasteiger partial charge in [-0.15, -0.1) is 0 Å². The van der Waals surface area contributed by atoms with Crippen LogP contribution < -0.4 is 4.90 Å². The summed E-state index contributed by atoms with van der Waals surface area (Å²) in [6.45, 7) is 5.65. The summed E-state index contributed by atoms with van der Waals surface area (Å²) in [6, 6.07) is 7.47. The summed E-state index contributed by atoms with van der Waals surface area (Å²) in [5, 5.41) is 11.9. The minimum absolute atomic E-state index is 0.237. The van der Waals surface area contributed by atoms with Gasteiger partial charge in [-0.25, -0.2) is 9.97 Å². The summed E-state index contributed by atoms with van der Waals surface area (Å²) in [5.74, 6) is 1.88. The first-order chi connectivity index (χ1) is 12.0. The average Bonchev–Trinajstić information content (AvgIpc) is 2.61. The summed E-state index contributed by atoms with van der Waals surface area (Å²) in [4.78, 5) is 11.2. The summed E-state index contributed by atoms with van der Waals surface area (Å²) < 4.78 is 0. The minimum atomic E-state index is -0.458. The number of hydrogen-bond donors (Lipinski definition) is 1. The van der Waals surface area contributed by atoms with Crippen molar-refractivity contribution in [3.63, 3.8) is 0 Å². The maximum atomic E-state index is 10.7. The van der Waals surface area contributed by atoms with Gasteiger partial charge in [0.2, 0.25) is 0 Å². The second-order valence-electron chi connectivity index (χ2n) is 6.54. The van der Waals surface area contributed by atoms with Crippen LogP contribution in [0.5, 0.6) is 0 Å². The van der Waals surface area contributed by atoms with Crippen molar-refractivity contribution in [3.8, 4) is 0 Å². The van der Waals surface area contributed by atoms with Gasteiger partial charge in [-0.05, 0) is 49.8 Å². The van der Waals surface area contributed by atoms with Crippen LogP contribution in [0.3, 0.4) is 0 Å². The fourth-order valence-electron chi connectivity index (χ4n) is 3.47. The lowest BCUT2D eigenvalue weighted by Crippen LogP contribution is -2.37. The Morgan fingerprint density at radius 1 is 1.16 bits per heavy atom. The molecule has 0 aliphatic carbocycles. The fraction of sp³-hybridized carbons (Fsp3) is 0.474. The van der Waals surface area contributed by atoms with Crippen molar-refractivity contribution in [3.05, 3.63) is 51.4 Å². The molecule has 1 aromatic heterocycles. The second-order valence-corrected chi connectivity index (χ2v) is 7.33. The zero-order valence-corrected chi connectivity index (χ0v) is 16.1. The highest BCUT2D eigenvalue weighted by molar-refractivity contribution is 6.30. The summed E-state index contributed by atoms with van der Waals surface area (Å²) in [6.07, 6.45) is 2.17. The summed E-state index contributed by atoms with van der Waals surface area (Å²) in [5.41, 5.74) is 1.93. The van der Waals surface area contributed by atoms with Gasteiger partial charge in [0.25, 0.3) is 0 Å². The molecule has 1 aromatic carbocycles. The van der Waals surface area contributed by atoms with Crippen molar-refractivity contribution < 1.29 is 5.11 Å². The zero-order chi connectivity index (χ0) is 18.0. The molecule has 0 saturated carbocycles. The molecule has 3 rings (SSSR count). The molecule has 0 spiro atoms. The van der Waals surface area contributed by atoms with E-state index in [2.05, 4.69) is 21.8 Å². The van der Waals surface area contributed by atoms with E-state index in [-0.39, 0.29) is 5.92 Å². The van der Waals surface area contributed by atoms with Crippen LogP contribution in [0.25, 0.3) is 0 Å². The SMILES string of the molecule is CCc1c(Cl)nc(C)nc1N1CCC(C(O)c2ccc(Cl)cc2)CC1. The smallest absolute Gasteiger partial charge is 0.138 e. The van der Waals surface area contributed by atoms with Gasteiger partial charge < -0.3 is 10.0 Å². The van der Waals surface area contributed by atoms with Crippen molar-refractivity contribution >= 4 is 29.0 Å². The van der Waals surface area contributed by atoms with Gasteiger partial charge >= 0.3 is 0 Å². The number of aliphatic hydroxyl groups excluding tert-OH is 1. The van der Waals surface area contributed by atoms with E-state index in [0.29, 0.717) is 16.0 Å². The molecule has 4 nitrogen and oxygen atoms in total. The van der Waals surface area contributed by atoms with Crippen molar-refractivity contribution in [1.29, 1.82) is 0 Å². The molecule has 0 bridgehead atoms. The lowest BCUT2D eigenvalue weighted by molar-refractivity contribution is 0.0928. The Labute approximate surface area is 158 Å². The molecule has 1 N–H and O–H groups in total. The Morgan fingerprint density at radius 2 is 1.80 bits per heavy atom. The normalized spacial score (nSPS) is 16.9. The number of aliphatic hydroxyl groups is 1. The molecule has 1 atom stereocenters. The van der Waals surface area contributed by atoms with Gasteiger partial charge in [0.15, 0.2) is 0 Å². The van der Waals surface area contributed by atoms with E-state index >= 15 is 0 Å². The lowest BCUT2D eigenvalue weighted by atomic mass is 9.87. The fourth-order valence-corrected chi connectivity index (χ4v) is 3.94. The Morgan fingerprint density at radius 3 is 2.40 bits per heavy atom. The molecular formula is C19H23Cl2N3O. The molecular weight excluding hydrogens is 357 g/mol. The van der Waals surface area contributed by atoms with E-state index in [1.165, 1.54) is 0 Å². The van der Waals surface area contributed by atoms with Crippen LogP contribution in [-0.4, -0.2) is 28.2 Å². The number of halogens is 2. The van der Waals surface area contributed by atoms with Gasteiger partial charge in [-0.1, -0.05) is 42.3 Å². The first-order valence-corrected chi connectivity index (χ1v) is 9.46. The number of aryl methyl sites for hydroxylation is 1. The minimum Gasteiger partial charge on any atom is -0.388 e. The van der Waals surface area contributed by atoms with E-state index in [4.69, 9.17) is 23.2 Å². The average molecular weight is 380 g/mol. The molecule has 1 saturated heterocycles. The Bertz CT molecular complexity index is 728. The highest BCUT2D eigenvalue weighted by Crippen LogP contribution is 2.34. The van der Waals surface area contributed by atoms with Crippen LogP contribution in [0.2, 0.25) is 10.2 Å². The third-order valence-electron chi connectivity index (χ3n) is 4.90. The number of piperidine rings is 1. The number of benzene rings is 1. The number of hydrogen-bond acceptors (Lipinski definition) is 4. The molecule has 1 aliphatic heterocycles. The topological polar surface area (TPSA) is 49.2 Å². The highest BCUT2D eigenvalue weighted by Gasteiger charge is 2.28. The largest absolute Gasteiger partial charge is 0.388 e. The third kappa shape index (κ3) is 4.08. The Kier molecular flexibility index (Phi) is 5.82. The van der Waals surface area contributed by atoms with Crippen LogP contribution in [0.1, 0.15) is 42.8 Å². The first kappa shape index (κ1) is 18.4. The van der Waals surface area contributed by atoms with E-state index in [9.17, 15) is 5.11 Å². The molecule has 1 fully saturated rings. The van der Waals surface area contributed by atoms with Gasteiger partial charge in [-0.3, -0.25) is 0 Å². The molecule has 1 aliphatic rings. The van der Waals surface area contributed by atoms with E-state index < -0.39 is 6.10 Å². The van der Waals surface area contributed by atoms with Crippen LogP contribution in [0, 0.1) is 12.8 Å². The maximum absolute atomic E-state index is 10.7. The van der Waals surface area contributed by atoms with Crippen molar-refractivity contribution in [2.75, 3.05) is 18.0 Å². The first-order valence-electron chi connectivity index (χ1n) is 8.71. The Hall–Kier alpha value is -1.36. The van der Waals surface area contributed by atoms with Gasteiger partial charge in [0.05, 0.1) is 6.10 Å². The van der Waals surface area contributed by atoms with Crippen LogP contribution in [0.15, 0.2) is 24.3 Å². The number of rotatable bonds is 4. The zero-order valence-electron chi connectivity index (χ0n) is 14.5. The highest BCUT2D eigenvalue weighted by atomic mass is 35.5. The van der Waals surface area contributed by atoms with Crippen molar-refractivity contribution in [2.24, 2.45) is 5.92 Å². The number of anilines is 1. The van der Waals surface area contributed by atoms with E-state index in [0.717, 1.165) is 49.3 Å². The van der Waals surface area contributed by atoms with Crippen LogP contribution >= 0.6 is 23.2 Å². The summed E-state index contributed by atoms with van der Waals surface area (Å²) >= 11 is 12.2. The molecule has 0 amide bonds. The van der Waals surface area contributed by atoms with Gasteiger partial charge in [-0.2, -0.15) is 0 Å². The monoisotopic (exact) mass is 379 g/mol. The quantitative estimate of drug-likeness (QED) is 0.788. The molecule has 2 aromatic rings. The maximum Gasteiger partial charge on any atom is 0.138 e. The van der Waals surface area contributed by atoms with Crippen LogP contribution in [-0.2, 0) is 6.42 Å². The molecule has 1 unspecified atom stereocenters. The summed E-state index contributed by atoms with van der Waals surface area (Å²) in [7, 11) is 0. The molecule has 25 heavy (non-hydrogen) atoms. The lowest BCUT2D eigenvalue weighted by Gasteiger charge is -2.36. The van der Waals surface area contributed by atoms with Crippen LogP contribution in [0.4, 0.5) is 5.82 Å². The standard InChI is InChI=1S/C19H23Cl2N3O/c1-3-16-18(21)22-12(2)23-19(16)24-10-8-14(9-11-24)17(25)13-4-6-15(20)7-5-13/h4-7,14,17,25H,3,8-11H2,1-2H3. The molecule has 134 valence electrons. The molecule has 2 heterocycles.